The Labute approximate surface area is 234 Å². The molecule has 40 heavy (non-hydrogen) atoms. The van der Waals surface area contributed by atoms with E-state index >= 15 is 0 Å². The van der Waals surface area contributed by atoms with E-state index in [9.17, 15) is 5.26 Å². The van der Waals surface area contributed by atoms with Crippen molar-refractivity contribution in [1.82, 2.24) is 4.57 Å². The summed E-state index contributed by atoms with van der Waals surface area (Å²) in [6.45, 7) is 2.14. The molecule has 0 N–H and O–H groups in total. The number of hydrogen-bond donors (Lipinski definition) is 0. The molecule has 0 saturated carbocycles. The van der Waals surface area contributed by atoms with Gasteiger partial charge in [-0.2, -0.15) is 5.26 Å². The van der Waals surface area contributed by atoms with E-state index in [0.29, 0.717) is 5.56 Å². The number of aromatic nitrogens is 1. The van der Waals surface area contributed by atoms with Gasteiger partial charge in [0.25, 0.3) is 0 Å². The number of fused-ring (bicyclic) bond motifs is 3. The van der Waals surface area contributed by atoms with Crippen LogP contribution >= 0.6 is 0 Å². The second-order valence-corrected chi connectivity index (χ2v) is 10.2. The van der Waals surface area contributed by atoms with Crippen LogP contribution in [0.25, 0.3) is 60.9 Å². The first kappa shape index (κ1) is 23.7. The molecule has 2 heteroatoms. The van der Waals surface area contributed by atoms with Crippen LogP contribution in [0.2, 0.25) is 0 Å². The smallest absolute Gasteiger partial charge is 0.0998 e. The third-order valence-electron chi connectivity index (χ3n) is 7.72. The molecular weight excluding hydrogens is 484 g/mol. The maximum Gasteiger partial charge on any atom is 0.0998 e. The predicted molar refractivity (Wildman–Crippen MR) is 167 cm³/mol. The minimum absolute atomic E-state index is 0.672. The molecule has 1 aromatic heterocycles. The Morgan fingerprint density at radius 1 is 0.525 bits per heavy atom. The number of hydrogen-bond acceptors (Lipinski definition) is 1. The molecule has 0 unspecified atom stereocenters. The van der Waals surface area contributed by atoms with Gasteiger partial charge in [-0.15, -0.1) is 0 Å². The van der Waals surface area contributed by atoms with Crippen molar-refractivity contribution in [2.24, 2.45) is 0 Å². The monoisotopic (exact) mass is 510 g/mol. The first-order valence-electron chi connectivity index (χ1n) is 13.5. The third kappa shape index (κ3) is 3.88. The van der Waals surface area contributed by atoms with Gasteiger partial charge in [0.2, 0.25) is 0 Å². The molecule has 7 aromatic rings. The van der Waals surface area contributed by atoms with Crippen LogP contribution in [0.1, 0.15) is 11.1 Å². The Balaban J connectivity index is 1.44. The molecule has 0 fully saturated rings. The zero-order chi connectivity index (χ0) is 27.1. The van der Waals surface area contributed by atoms with E-state index in [1.807, 2.05) is 30.3 Å². The molecule has 0 aliphatic rings. The van der Waals surface area contributed by atoms with E-state index in [2.05, 4.69) is 127 Å². The molecule has 1 heterocycles. The van der Waals surface area contributed by atoms with Crippen molar-refractivity contribution in [3.8, 4) is 45.1 Å². The highest BCUT2D eigenvalue weighted by Crippen LogP contribution is 2.42. The standard InChI is InChI=1S/C38H26N2/c1-26-16-23-36-34(24-26)33-14-8-9-15-35(33)40(36)31-20-17-27(18-21-31)32-22-19-30(25-39)37(28-10-4-2-5-11-28)38(32)29-12-6-3-7-13-29/h2-24H,1H3. The van der Waals surface area contributed by atoms with Gasteiger partial charge < -0.3 is 4.57 Å². The van der Waals surface area contributed by atoms with Crippen LogP contribution in [-0.2, 0) is 0 Å². The summed E-state index contributed by atoms with van der Waals surface area (Å²) in [5.41, 5.74) is 11.8. The van der Waals surface area contributed by atoms with Crippen molar-refractivity contribution in [2.45, 2.75) is 6.92 Å². The molecule has 2 nitrogen and oxygen atoms in total. The van der Waals surface area contributed by atoms with E-state index in [1.54, 1.807) is 0 Å². The second kappa shape index (κ2) is 9.73. The molecular formula is C38H26N2. The lowest BCUT2D eigenvalue weighted by Crippen LogP contribution is -1.96. The largest absolute Gasteiger partial charge is 0.309 e. The first-order chi connectivity index (χ1) is 19.7. The average molecular weight is 511 g/mol. The van der Waals surface area contributed by atoms with E-state index in [0.717, 1.165) is 39.1 Å². The van der Waals surface area contributed by atoms with E-state index in [-0.39, 0.29) is 0 Å². The van der Waals surface area contributed by atoms with Gasteiger partial charge in [-0.05, 0) is 71.1 Å². The maximum atomic E-state index is 10.1. The minimum atomic E-state index is 0.672. The van der Waals surface area contributed by atoms with Crippen LogP contribution in [0.5, 0.6) is 0 Å². The van der Waals surface area contributed by atoms with Crippen LogP contribution in [0.4, 0.5) is 0 Å². The van der Waals surface area contributed by atoms with Crippen LogP contribution in [0.15, 0.2) is 140 Å². The van der Waals surface area contributed by atoms with Gasteiger partial charge in [0.1, 0.15) is 0 Å². The van der Waals surface area contributed by atoms with Crippen molar-refractivity contribution in [1.29, 1.82) is 5.26 Å². The number of para-hydroxylation sites is 1. The molecule has 0 bridgehead atoms. The Morgan fingerprint density at radius 3 is 1.85 bits per heavy atom. The summed E-state index contributed by atoms with van der Waals surface area (Å²) in [7, 11) is 0. The first-order valence-corrected chi connectivity index (χ1v) is 13.5. The summed E-state index contributed by atoms with van der Waals surface area (Å²) < 4.78 is 2.35. The Kier molecular flexibility index (Phi) is 5.77. The van der Waals surface area contributed by atoms with Crippen molar-refractivity contribution in [3.05, 3.63) is 151 Å². The highest BCUT2D eigenvalue weighted by atomic mass is 15.0. The molecule has 0 radical (unpaired) electrons. The van der Waals surface area contributed by atoms with Crippen LogP contribution in [-0.4, -0.2) is 4.57 Å². The number of nitriles is 1. The summed E-state index contributed by atoms with van der Waals surface area (Å²) in [4.78, 5) is 0. The number of benzene rings is 6. The lowest BCUT2D eigenvalue weighted by Gasteiger charge is -2.18. The fourth-order valence-corrected chi connectivity index (χ4v) is 5.90. The Morgan fingerprint density at radius 2 is 1.15 bits per heavy atom. The van der Waals surface area contributed by atoms with Crippen molar-refractivity contribution in [2.75, 3.05) is 0 Å². The fourth-order valence-electron chi connectivity index (χ4n) is 5.90. The van der Waals surface area contributed by atoms with Crippen molar-refractivity contribution < 1.29 is 0 Å². The molecule has 0 saturated heterocycles. The number of nitrogens with zero attached hydrogens (tertiary/aromatic N) is 2. The minimum Gasteiger partial charge on any atom is -0.309 e. The number of rotatable bonds is 4. The molecule has 188 valence electrons. The molecule has 0 aliphatic carbocycles. The van der Waals surface area contributed by atoms with E-state index < -0.39 is 0 Å². The molecule has 0 atom stereocenters. The van der Waals surface area contributed by atoms with Gasteiger partial charge in [-0.1, -0.05) is 109 Å². The second-order valence-electron chi connectivity index (χ2n) is 10.2. The topological polar surface area (TPSA) is 28.7 Å². The summed E-state index contributed by atoms with van der Waals surface area (Å²) in [5.74, 6) is 0. The summed E-state index contributed by atoms with van der Waals surface area (Å²) in [6.07, 6.45) is 0. The summed E-state index contributed by atoms with van der Waals surface area (Å²) in [6, 6.07) is 51.2. The summed E-state index contributed by atoms with van der Waals surface area (Å²) in [5, 5.41) is 12.6. The van der Waals surface area contributed by atoms with Crippen LogP contribution in [0.3, 0.4) is 0 Å². The number of aryl methyl sites for hydroxylation is 1. The molecule has 0 spiro atoms. The van der Waals surface area contributed by atoms with Gasteiger partial charge in [0.15, 0.2) is 0 Å². The van der Waals surface area contributed by atoms with Gasteiger partial charge in [-0.25, -0.2) is 0 Å². The molecule has 6 aromatic carbocycles. The lowest BCUT2D eigenvalue weighted by molar-refractivity contribution is 1.18. The zero-order valence-corrected chi connectivity index (χ0v) is 22.2. The van der Waals surface area contributed by atoms with Gasteiger partial charge in [-0.3, -0.25) is 0 Å². The quantitative estimate of drug-likeness (QED) is 0.232. The third-order valence-corrected chi connectivity index (χ3v) is 7.72. The average Bonchev–Trinajstić information content (AvgIpc) is 3.35. The zero-order valence-electron chi connectivity index (χ0n) is 22.2. The molecule has 0 aliphatic heterocycles. The SMILES string of the molecule is Cc1ccc2c(c1)c1ccccc1n2-c1ccc(-c2ccc(C#N)c(-c3ccccc3)c2-c2ccccc2)cc1. The Hall–Kier alpha value is -5.39. The van der Waals surface area contributed by atoms with E-state index in [1.165, 1.54) is 27.4 Å². The molecule has 0 amide bonds. The normalized spacial score (nSPS) is 11.1. The predicted octanol–water partition coefficient (Wildman–Crippen LogP) is 9.96. The fraction of sp³-hybridized carbons (Fsp3) is 0.0263. The van der Waals surface area contributed by atoms with Gasteiger partial charge in [0.05, 0.1) is 22.7 Å². The highest BCUT2D eigenvalue weighted by molar-refractivity contribution is 6.09. The molecule has 7 rings (SSSR count). The van der Waals surface area contributed by atoms with Crippen LogP contribution in [0, 0.1) is 18.3 Å². The Bertz CT molecular complexity index is 2040. The maximum absolute atomic E-state index is 10.1. The van der Waals surface area contributed by atoms with Crippen LogP contribution < -0.4 is 0 Å². The summed E-state index contributed by atoms with van der Waals surface area (Å²) >= 11 is 0. The van der Waals surface area contributed by atoms with E-state index in [4.69, 9.17) is 0 Å². The van der Waals surface area contributed by atoms with Gasteiger partial charge in [0, 0.05) is 22.0 Å². The van der Waals surface area contributed by atoms with Gasteiger partial charge >= 0.3 is 0 Å². The van der Waals surface area contributed by atoms with Crippen molar-refractivity contribution in [3.63, 3.8) is 0 Å². The van der Waals surface area contributed by atoms with Crippen molar-refractivity contribution >= 4 is 21.8 Å². The highest BCUT2D eigenvalue weighted by Gasteiger charge is 2.18. The lowest BCUT2D eigenvalue weighted by atomic mass is 9.85.